The van der Waals surface area contributed by atoms with Crippen molar-refractivity contribution in [2.75, 3.05) is 31.6 Å². The number of carbonyl (C=O) groups excluding carboxylic acids is 1. The SMILES string of the molecule is Cc1cc(C)c(C(=O)O)c(N(C)CC(=O)N2CCCC2)n1. The monoisotopic (exact) mass is 291 g/mol. The summed E-state index contributed by atoms with van der Waals surface area (Å²) >= 11 is 0. The van der Waals surface area contributed by atoms with Crippen LogP contribution in [0.25, 0.3) is 0 Å². The second kappa shape index (κ2) is 6.11. The summed E-state index contributed by atoms with van der Waals surface area (Å²) in [5.41, 5.74) is 1.57. The van der Waals surface area contributed by atoms with E-state index in [9.17, 15) is 14.7 Å². The van der Waals surface area contributed by atoms with Crippen LogP contribution in [0.1, 0.15) is 34.5 Å². The van der Waals surface area contributed by atoms with Gasteiger partial charge in [-0.1, -0.05) is 0 Å². The maximum atomic E-state index is 12.2. The van der Waals surface area contributed by atoms with Gasteiger partial charge in [0.05, 0.1) is 6.54 Å². The largest absolute Gasteiger partial charge is 0.478 e. The van der Waals surface area contributed by atoms with Crippen LogP contribution < -0.4 is 4.90 Å². The molecule has 0 saturated carbocycles. The Morgan fingerprint density at radius 2 is 1.95 bits per heavy atom. The molecule has 1 aromatic heterocycles. The molecular formula is C15H21N3O3. The van der Waals surface area contributed by atoms with Crippen molar-refractivity contribution < 1.29 is 14.7 Å². The van der Waals surface area contributed by atoms with E-state index in [-0.39, 0.29) is 18.0 Å². The number of aromatic nitrogens is 1. The summed E-state index contributed by atoms with van der Waals surface area (Å²) in [7, 11) is 1.71. The first-order valence-corrected chi connectivity index (χ1v) is 7.10. The summed E-state index contributed by atoms with van der Waals surface area (Å²) < 4.78 is 0. The second-order valence-corrected chi connectivity index (χ2v) is 5.53. The zero-order valence-corrected chi connectivity index (χ0v) is 12.7. The van der Waals surface area contributed by atoms with E-state index in [0.29, 0.717) is 11.4 Å². The highest BCUT2D eigenvalue weighted by Gasteiger charge is 2.23. The molecule has 2 heterocycles. The minimum atomic E-state index is -1.02. The van der Waals surface area contributed by atoms with Crippen LogP contribution >= 0.6 is 0 Å². The molecule has 1 N–H and O–H groups in total. The molecule has 1 aliphatic rings. The Morgan fingerprint density at radius 1 is 1.33 bits per heavy atom. The van der Waals surface area contributed by atoms with Gasteiger partial charge in [-0.15, -0.1) is 0 Å². The molecule has 1 amide bonds. The third kappa shape index (κ3) is 3.32. The number of nitrogens with zero attached hydrogens (tertiary/aromatic N) is 3. The van der Waals surface area contributed by atoms with Crippen LogP contribution in [0.3, 0.4) is 0 Å². The smallest absolute Gasteiger partial charge is 0.339 e. The number of likely N-dealkylation sites (N-methyl/N-ethyl adjacent to an activating group) is 1. The molecule has 2 rings (SSSR count). The molecule has 0 atom stereocenters. The number of rotatable bonds is 4. The standard InChI is InChI=1S/C15H21N3O3/c1-10-8-11(2)16-14(13(10)15(20)21)17(3)9-12(19)18-6-4-5-7-18/h8H,4-7,9H2,1-3H3,(H,20,21). The normalized spacial score (nSPS) is 14.3. The summed E-state index contributed by atoms with van der Waals surface area (Å²) in [6, 6.07) is 1.74. The average Bonchev–Trinajstić information content (AvgIpc) is 2.90. The van der Waals surface area contributed by atoms with Crippen molar-refractivity contribution in [3.63, 3.8) is 0 Å². The zero-order chi connectivity index (χ0) is 15.6. The van der Waals surface area contributed by atoms with Crippen molar-refractivity contribution in [1.82, 2.24) is 9.88 Å². The van der Waals surface area contributed by atoms with E-state index in [4.69, 9.17) is 0 Å². The number of hydrogen-bond donors (Lipinski definition) is 1. The topological polar surface area (TPSA) is 73.7 Å². The van der Waals surface area contributed by atoms with E-state index in [1.54, 1.807) is 24.9 Å². The van der Waals surface area contributed by atoms with Crippen molar-refractivity contribution in [1.29, 1.82) is 0 Å². The summed E-state index contributed by atoms with van der Waals surface area (Å²) in [5, 5.41) is 9.37. The molecule has 0 unspecified atom stereocenters. The Labute approximate surface area is 124 Å². The molecule has 0 radical (unpaired) electrons. The van der Waals surface area contributed by atoms with E-state index in [1.807, 2.05) is 11.8 Å². The highest BCUT2D eigenvalue weighted by molar-refractivity contribution is 5.95. The molecule has 0 bridgehead atoms. The van der Waals surface area contributed by atoms with Gasteiger partial charge in [0.15, 0.2) is 0 Å². The molecule has 0 aliphatic carbocycles. The number of amides is 1. The molecule has 1 fully saturated rings. The van der Waals surface area contributed by atoms with E-state index in [1.165, 1.54) is 0 Å². The lowest BCUT2D eigenvalue weighted by atomic mass is 10.1. The van der Waals surface area contributed by atoms with Crippen LogP contribution in [0.2, 0.25) is 0 Å². The van der Waals surface area contributed by atoms with Gasteiger partial charge in [0.2, 0.25) is 5.91 Å². The van der Waals surface area contributed by atoms with E-state index in [2.05, 4.69) is 4.98 Å². The predicted octanol–water partition coefficient (Wildman–Crippen LogP) is 1.46. The number of carboxylic acid groups (broad SMARTS) is 1. The summed E-state index contributed by atoms with van der Waals surface area (Å²) in [4.78, 5) is 31.4. The molecule has 1 saturated heterocycles. The third-order valence-electron chi connectivity index (χ3n) is 3.73. The summed E-state index contributed by atoms with van der Waals surface area (Å²) in [5.74, 6) is -0.643. The molecule has 6 nitrogen and oxygen atoms in total. The lowest BCUT2D eigenvalue weighted by Gasteiger charge is -2.24. The number of likely N-dealkylation sites (tertiary alicyclic amines) is 1. The number of aryl methyl sites for hydroxylation is 2. The maximum absolute atomic E-state index is 12.2. The fourth-order valence-electron chi connectivity index (χ4n) is 2.70. The quantitative estimate of drug-likeness (QED) is 0.909. The van der Waals surface area contributed by atoms with Gasteiger partial charge in [0.1, 0.15) is 11.4 Å². The van der Waals surface area contributed by atoms with Crippen LogP contribution in [0.15, 0.2) is 6.07 Å². The molecule has 0 aromatic carbocycles. The number of aromatic carboxylic acids is 1. The van der Waals surface area contributed by atoms with Crippen molar-refractivity contribution in [3.05, 3.63) is 22.9 Å². The number of hydrogen-bond acceptors (Lipinski definition) is 4. The third-order valence-corrected chi connectivity index (χ3v) is 3.73. The fourth-order valence-corrected chi connectivity index (χ4v) is 2.70. The maximum Gasteiger partial charge on any atom is 0.339 e. The Morgan fingerprint density at radius 3 is 2.52 bits per heavy atom. The minimum absolute atomic E-state index is 0.0206. The number of anilines is 1. The minimum Gasteiger partial charge on any atom is -0.478 e. The average molecular weight is 291 g/mol. The first-order chi connectivity index (χ1) is 9.90. The fraction of sp³-hybridized carbons (Fsp3) is 0.533. The Bertz CT molecular complexity index is 566. The Hall–Kier alpha value is -2.11. The molecule has 21 heavy (non-hydrogen) atoms. The van der Waals surface area contributed by atoms with Crippen molar-refractivity contribution in [2.24, 2.45) is 0 Å². The molecule has 0 spiro atoms. The Kier molecular flexibility index (Phi) is 4.45. The molecule has 1 aromatic rings. The number of carbonyl (C=O) groups is 2. The van der Waals surface area contributed by atoms with Crippen molar-refractivity contribution in [3.8, 4) is 0 Å². The van der Waals surface area contributed by atoms with Crippen LogP contribution in [0, 0.1) is 13.8 Å². The lowest BCUT2D eigenvalue weighted by molar-refractivity contribution is -0.128. The number of pyridine rings is 1. The zero-order valence-electron chi connectivity index (χ0n) is 12.7. The predicted molar refractivity (Wildman–Crippen MR) is 79.8 cm³/mol. The highest BCUT2D eigenvalue weighted by Crippen LogP contribution is 2.22. The van der Waals surface area contributed by atoms with Crippen LogP contribution in [-0.4, -0.2) is 53.5 Å². The van der Waals surface area contributed by atoms with Crippen LogP contribution in [0.4, 0.5) is 5.82 Å². The highest BCUT2D eigenvalue weighted by atomic mass is 16.4. The first kappa shape index (κ1) is 15.3. The van der Waals surface area contributed by atoms with Crippen molar-refractivity contribution in [2.45, 2.75) is 26.7 Å². The van der Waals surface area contributed by atoms with E-state index in [0.717, 1.165) is 31.6 Å². The Balaban J connectivity index is 2.23. The van der Waals surface area contributed by atoms with Gasteiger partial charge in [-0.05, 0) is 38.3 Å². The van der Waals surface area contributed by atoms with Gasteiger partial charge in [0, 0.05) is 25.8 Å². The van der Waals surface area contributed by atoms with Gasteiger partial charge < -0.3 is 14.9 Å². The van der Waals surface area contributed by atoms with E-state index < -0.39 is 5.97 Å². The number of carboxylic acids is 1. The summed E-state index contributed by atoms with van der Waals surface area (Å²) in [6.45, 7) is 5.30. The lowest BCUT2D eigenvalue weighted by Crippen LogP contribution is -2.38. The van der Waals surface area contributed by atoms with Crippen LogP contribution in [0.5, 0.6) is 0 Å². The van der Waals surface area contributed by atoms with Gasteiger partial charge in [-0.2, -0.15) is 0 Å². The first-order valence-electron chi connectivity index (χ1n) is 7.10. The van der Waals surface area contributed by atoms with Crippen LogP contribution in [-0.2, 0) is 4.79 Å². The van der Waals surface area contributed by atoms with Gasteiger partial charge >= 0.3 is 5.97 Å². The molecule has 114 valence electrons. The molecule has 6 heteroatoms. The van der Waals surface area contributed by atoms with Crippen molar-refractivity contribution >= 4 is 17.7 Å². The van der Waals surface area contributed by atoms with Gasteiger partial charge in [0.25, 0.3) is 0 Å². The second-order valence-electron chi connectivity index (χ2n) is 5.53. The van der Waals surface area contributed by atoms with Gasteiger partial charge in [-0.25, -0.2) is 9.78 Å². The summed E-state index contributed by atoms with van der Waals surface area (Å²) in [6.07, 6.45) is 2.08. The van der Waals surface area contributed by atoms with Gasteiger partial charge in [-0.3, -0.25) is 4.79 Å². The molecule has 1 aliphatic heterocycles. The van der Waals surface area contributed by atoms with E-state index >= 15 is 0 Å². The molecular weight excluding hydrogens is 270 g/mol.